The van der Waals surface area contributed by atoms with Crippen molar-refractivity contribution in [1.29, 1.82) is 0 Å². The predicted molar refractivity (Wildman–Crippen MR) is 176 cm³/mol. The summed E-state index contributed by atoms with van der Waals surface area (Å²) in [5.74, 6) is -0.0648. The van der Waals surface area contributed by atoms with E-state index >= 15 is 0 Å². The van der Waals surface area contributed by atoms with E-state index in [0.29, 0.717) is 27.9 Å². The maximum Gasteiger partial charge on any atom is 0.243 e. The molecule has 0 saturated heterocycles. The van der Waals surface area contributed by atoms with Gasteiger partial charge in [-0.2, -0.15) is 0 Å². The molecular formula is C33H39Cl2N3O5S. The number of amides is 2. The van der Waals surface area contributed by atoms with Gasteiger partial charge in [-0.1, -0.05) is 84.6 Å². The molecule has 0 spiro atoms. The number of sulfonamides is 1. The zero-order valence-corrected chi connectivity index (χ0v) is 27.4. The molecule has 0 heterocycles. The fraction of sp³-hybridized carbons (Fsp3) is 0.394. The Kier molecular flexibility index (Phi) is 11.9. The van der Waals surface area contributed by atoms with E-state index in [0.717, 1.165) is 43.1 Å². The lowest BCUT2D eigenvalue weighted by molar-refractivity contribution is -0.141. The molecule has 1 aliphatic carbocycles. The number of nitrogens with one attached hydrogen (secondary N) is 1. The smallest absolute Gasteiger partial charge is 0.243 e. The monoisotopic (exact) mass is 659 g/mol. The van der Waals surface area contributed by atoms with E-state index in [1.165, 1.54) is 11.4 Å². The molecule has 0 bridgehead atoms. The fourth-order valence-electron chi connectivity index (χ4n) is 5.57. The molecule has 1 unspecified atom stereocenters. The van der Waals surface area contributed by atoms with Gasteiger partial charge in [0.25, 0.3) is 0 Å². The van der Waals surface area contributed by atoms with Crippen LogP contribution in [0.1, 0.15) is 49.7 Å². The van der Waals surface area contributed by atoms with Gasteiger partial charge in [0.1, 0.15) is 11.8 Å². The number of hydrogen-bond donors (Lipinski definition) is 1. The Balaban J connectivity index is 1.61. The van der Waals surface area contributed by atoms with Crippen molar-refractivity contribution in [2.24, 2.45) is 0 Å². The summed E-state index contributed by atoms with van der Waals surface area (Å²) in [6.07, 6.45) is 5.63. The summed E-state index contributed by atoms with van der Waals surface area (Å²) in [4.78, 5) is 29.5. The Morgan fingerprint density at radius 1 is 0.955 bits per heavy atom. The van der Waals surface area contributed by atoms with Gasteiger partial charge in [0, 0.05) is 32.0 Å². The molecule has 3 aromatic rings. The summed E-state index contributed by atoms with van der Waals surface area (Å²) in [5, 5.41) is 3.94. The largest absolute Gasteiger partial charge is 0.495 e. The van der Waals surface area contributed by atoms with E-state index in [4.69, 9.17) is 27.9 Å². The van der Waals surface area contributed by atoms with Gasteiger partial charge in [-0.15, -0.1) is 0 Å². The SMILES string of the molecule is COc1ccccc1N(CCCC(=O)N(Cc1ccc(Cl)c(Cl)c1)C(Cc1ccccc1)C(=O)NC1CCCC1)S(C)(=O)=O. The minimum Gasteiger partial charge on any atom is -0.495 e. The summed E-state index contributed by atoms with van der Waals surface area (Å²) in [7, 11) is -2.19. The summed E-state index contributed by atoms with van der Waals surface area (Å²) < 4.78 is 32.2. The van der Waals surface area contributed by atoms with Crippen LogP contribution in [0.3, 0.4) is 0 Å². The first-order chi connectivity index (χ1) is 21.1. The maximum absolute atomic E-state index is 14.1. The van der Waals surface area contributed by atoms with Crippen molar-refractivity contribution in [2.45, 2.75) is 63.6 Å². The minimum absolute atomic E-state index is 0.0183. The Morgan fingerprint density at radius 2 is 1.64 bits per heavy atom. The van der Waals surface area contributed by atoms with Crippen LogP contribution in [0.5, 0.6) is 5.75 Å². The number of carbonyl (C=O) groups excluding carboxylic acids is 2. The van der Waals surface area contributed by atoms with Crippen molar-refractivity contribution in [2.75, 3.05) is 24.2 Å². The van der Waals surface area contributed by atoms with Crippen molar-refractivity contribution < 1.29 is 22.7 Å². The topological polar surface area (TPSA) is 96.0 Å². The number of hydrogen-bond acceptors (Lipinski definition) is 5. The first-order valence-corrected chi connectivity index (χ1v) is 17.4. The van der Waals surface area contributed by atoms with E-state index < -0.39 is 16.1 Å². The summed E-state index contributed by atoms with van der Waals surface area (Å²) in [6.45, 7) is 0.191. The van der Waals surface area contributed by atoms with Crippen molar-refractivity contribution in [3.05, 3.63) is 94.0 Å². The van der Waals surface area contributed by atoms with E-state index in [1.54, 1.807) is 47.4 Å². The number of ether oxygens (including phenoxy) is 1. The number of benzene rings is 3. The number of methoxy groups -OCH3 is 1. The molecule has 0 radical (unpaired) electrons. The Labute approximate surface area is 270 Å². The lowest BCUT2D eigenvalue weighted by Crippen LogP contribution is -2.52. The van der Waals surface area contributed by atoms with Crippen molar-refractivity contribution in [3.8, 4) is 5.75 Å². The second-order valence-electron chi connectivity index (χ2n) is 11.1. The van der Waals surface area contributed by atoms with Gasteiger partial charge in [0.15, 0.2) is 0 Å². The third-order valence-electron chi connectivity index (χ3n) is 7.82. The third-order valence-corrected chi connectivity index (χ3v) is 9.73. The highest BCUT2D eigenvalue weighted by Gasteiger charge is 2.32. The van der Waals surface area contributed by atoms with Gasteiger partial charge in [0.05, 0.1) is 29.1 Å². The molecule has 1 saturated carbocycles. The normalized spacial score (nSPS) is 14.2. The lowest BCUT2D eigenvalue weighted by Gasteiger charge is -2.33. The van der Waals surface area contributed by atoms with Crippen LogP contribution in [-0.2, 0) is 32.6 Å². The molecule has 236 valence electrons. The number of nitrogens with zero attached hydrogens (tertiary/aromatic N) is 2. The van der Waals surface area contributed by atoms with Gasteiger partial charge in [-0.05, 0) is 54.7 Å². The Bertz CT molecular complexity index is 1530. The first kappa shape index (κ1) is 33.6. The predicted octanol–water partition coefficient (Wildman–Crippen LogP) is 6.25. The number of rotatable bonds is 14. The highest BCUT2D eigenvalue weighted by atomic mass is 35.5. The molecule has 0 aliphatic heterocycles. The second kappa shape index (κ2) is 15.6. The molecule has 11 heteroatoms. The van der Waals surface area contributed by atoms with Gasteiger partial charge >= 0.3 is 0 Å². The van der Waals surface area contributed by atoms with E-state index in [1.807, 2.05) is 30.3 Å². The van der Waals surface area contributed by atoms with Crippen LogP contribution in [0.2, 0.25) is 10.0 Å². The lowest BCUT2D eigenvalue weighted by atomic mass is 10.0. The number of carbonyl (C=O) groups is 2. The Morgan fingerprint density at radius 3 is 2.30 bits per heavy atom. The highest BCUT2D eigenvalue weighted by molar-refractivity contribution is 7.92. The van der Waals surface area contributed by atoms with E-state index in [9.17, 15) is 18.0 Å². The van der Waals surface area contributed by atoms with Crippen LogP contribution >= 0.6 is 23.2 Å². The van der Waals surface area contributed by atoms with Gasteiger partial charge < -0.3 is 15.0 Å². The van der Waals surface area contributed by atoms with Crippen LogP contribution < -0.4 is 14.4 Å². The van der Waals surface area contributed by atoms with Crippen molar-refractivity contribution >= 4 is 50.7 Å². The van der Waals surface area contributed by atoms with Crippen molar-refractivity contribution in [3.63, 3.8) is 0 Å². The van der Waals surface area contributed by atoms with E-state index in [-0.39, 0.29) is 43.8 Å². The molecule has 1 atom stereocenters. The van der Waals surface area contributed by atoms with Gasteiger partial charge in [-0.25, -0.2) is 8.42 Å². The van der Waals surface area contributed by atoms with Crippen LogP contribution in [-0.4, -0.2) is 57.1 Å². The zero-order valence-electron chi connectivity index (χ0n) is 25.0. The molecule has 1 aliphatic rings. The average Bonchev–Trinajstić information content (AvgIpc) is 3.51. The Hall–Kier alpha value is -3.27. The van der Waals surface area contributed by atoms with Crippen molar-refractivity contribution in [1.82, 2.24) is 10.2 Å². The maximum atomic E-state index is 14.1. The molecule has 44 heavy (non-hydrogen) atoms. The standard InChI is InChI=1S/C33H39Cl2N3O5S/c1-43-31-16-9-8-15-29(31)38(44(2,41)42)20-10-17-32(39)37(23-25-18-19-27(34)28(35)21-25)30(22-24-11-4-3-5-12-24)33(40)36-26-13-6-7-14-26/h3-5,8-9,11-12,15-16,18-19,21,26,30H,6-7,10,13-14,17,20,22-23H2,1-2H3,(H,36,40). The molecule has 3 aromatic carbocycles. The molecule has 0 aromatic heterocycles. The molecular weight excluding hydrogens is 621 g/mol. The molecule has 1 fully saturated rings. The van der Waals surface area contributed by atoms with Gasteiger partial charge in [-0.3, -0.25) is 13.9 Å². The molecule has 8 nitrogen and oxygen atoms in total. The van der Waals surface area contributed by atoms with E-state index in [2.05, 4.69) is 5.32 Å². The van der Waals surface area contributed by atoms with Crippen LogP contribution in [0, 0.1) is 0 Å². The van der Waals surface area contributed by atoms with Crippen LogP contribution in [0.4, 0.5) is 5.69 Å². The number of anilines is 1. The fourth-order valence-corrected chi connectivity index (χ4v) is 6.86. The highest BCUT2D eigenvalue weighted by Crippen LogP contribution is 2.30. The summed E-state index contributed by atoms with van der Waals surface area (Å²) >= 11 is 12.5. The summed E-state index contributed by atoms with van der Waals surface area (Å²) in [6, 6.07) is 20.9. The average molecular weight is 661 g/mol. The summed E-state index contributed by atoms with van der Waals surface area (Å²) in [5.41, 5.74) is 2.05. The van der Waals surface area contributed by atoms with Crippen LogP contribution in [0.25, 0.3) is 0 Å². The third kappa shape index (κ3) is 9.13. The molecule has 1 N–H and O–H groups in total. The minimum atomic E-state index is -3.67. The molecule has 4 rings (SSSR count). The quantitative estimate of drug-likeness (QED) is 0.221. The zero-order chi connectivity index (χ0) is 31.7. The first-order valence-electron chi connectivity index (χ1n) is 14.7. The second-order valence-corrected chi connectivity index (χ2v) is 13.8. The number of para-hydroxylation sites is 2. The van der Waals surface area contributed by atoms with Gasteiger partial charge in [0.2, 0.25) is 21.8 Å². The molecule has 2 amide bonds. The number of halogens is 2. The van der Waals surface area contributed by atoms with Crippen LogP contribution in [0.15, 0.2) is 72.8 Å².